The molecule has 0 saturated carbocycles. The van der Waals surface area contributed by atoms with Gasteiger partial charge in [0.25, 0.3) is 0 Å². The van der Waals surface area contributed by atoms with Crippen molar-refractivity contribution in [1.29, 1.82) is 0 Å². The lowest BCUT2D eigenvalue weighted by atomic mass is 9.93. The summed E-state index contributed by atoms with van der Waals surface area (Å²) in [6.45, 7) is 2.55. The molecule has 3 N–H and O–H groups in total. The quantitative estimate of drug-likeness (QED) is 0.868. The SMILES string of the molecule is CC[C@@H]1C[C@H](C(=O)N[C@H](C(N)=O)c2ccc(F)cc2)CCO1. The zero-order chi connectivity index (χ0) is 16.1. The molecule has 0 bridgehead atoms. The molecule has 1 aliphatic heterocycles. The van der Waals surface area contributed by atoms with E-state index in [1.54, 1.807) is 0 Å². The molecule has 120 valence electrons. The lowest BCUT2D eigenvalue weighted by Crippen LogP contribution is -2.43. The van der Waals surface area contributed by atoms with Crippen LogP contribution in [0.25, 0.3) is 0 Å². The van der Waals surface area contributed by atoms with Crippen molar-refractivity contribution in [2.45, 2.75) is 38.3 Å². The second-order valence-electron chi connectivity index (χ2n) is 5.52. The average molecular weight is 308 g/mol. The Morgan fingerprint density at radius 1 is 1.41 bits per heavy atom. The van der Waals surface area contributed by atoms with Gasteiger partial charge < -0.3 is 15.8 Å². The molecule has 0 aliphatic carbocycles. The first-order chi connectivity index (χ1) is 10.5. The fraction of sp³-hybridized carbons (Fsp3) is 0.500. The first kappa shape index (κ1) is 16.4. The number of carbonyl (C=O) groups excluding carboxylic acids is 2. The van der Waals surface area contributed by atoms with E-state index in [0.29, 0.717) is 25.0 Å². The molecule has 1 heterocycles. The second-order valence-corrected chi connectivity index (χ2v) is 5.52. The van der Waals surface area contributed by atoms with E-state index in [9.17, 15) is 14.0 Å². The van der Waals surface area contributed by atoms with Crippen molar-refractivity contribution >= 4 is 11.8 Å². The summed E-state index contributed by atoms with van der Waals surface area (Å²) in [6, 6.07) is 4.42. The zero-order valence-electron chi connectivity index (χ0n) is 12.5. The number of primary amides is 1. The van der Waals surface area contributed by atoms with Crippen LogP contribution in [0.5, 0.6) is 0 Å². The number of carbonyl (C=O) groups is 2. The van der Waals surface area contributed by atoms with E-state index in [4.69, 9.17) is 10.5 Å². The van der Waals surface area contributed by atoms with Crippen molar-refractivity contribution < 1.29 is 18.7 Å². The van der Waals surface area contributed by atoms with E-state index in [0.717, 1.165) is 6.42 Å². The second kappa shape index (κ2) is 7.35. The molecule has 1 aromatic rings. The number of hydrogen-bond acceptors (Lipinski definition) is 3. The van der Waals surface area contributed by atoms with Crippen molar-refractivity contribution in [2.75, 3.05) is 6.61 Å². The van der Waals surface area contributed by atoms with Crippen LogP contribution >= 0.6 is 0 Å². The molecule has 1 fully saturated rings. The molecule has 1 aromatic carbocycles. The van der Waals surface area contributed by atoms with Crippen molar-refractivity contribution in [2.24, 2.45) is 11.7 Å². The van der Waals surface area contributed by atoms with Crippen LogP contribution in [0.4, 0.5) is 4.39 Å². The van der Waals surface area contributed by atoms with Gasteiger partial charge in [0.15, 0.2) is 0 Å². The summed E-state index contributed by atoms with van der Waals surface area (Å²) in [5, 5.41) is 2.68. The van der Waals surface area contributed by atoms with Crippen molar-refractivity contribution in [3.63, 3.8) is 0 Å². The normalized spacial score (nSPS) is 22.8. The Hall–Kier alpha value is -1.95. The molecule has 0 unspecified atom stereocenters. The molecule has 22 heavy (non-hydrogen) atoms. The summed E-state index contributed by atoms with van der Waals surface area (Å²) in [5.74, 6) is -1.48. The molecule has 1 aliphatic rings. The van der Waals surface area contributed by atoms with Gasteiger partial charge in [-0.3, -0.25) is 9.59 Å². The number of benzene rings is 1. The molecular weight excluding hydrogens is 287 g/mol. The van der Waals surface area contributed by atoms with E-state index in [2.05, 4.69) is 5.32 Å². The van der Waals surface area contributed by atoms with E-state index >= 15 is 0 Å². The lowest BCUT2D eigenvalue weighted by molar-refractivity contribution is -0.133. The Morgan fingerprint density at radius 2 is 2.09 bits per heavy atom. The highest BCUT2D eigenvalue weighted by molar-refractivity contribution is 5.88. The Kier molecular flexibility index (Phi) is 5.49. The molecule has 2 rings (SSSR count). The lowest BCUT2D eigenvalue weighted by Gasteiger charge is -2.29. The molecule has 6 heteroatoms. The van der Waals surface area contributed by atoms with Crippen LogP contribution in [-0.2, 0) is 14.3 Å². The van der Waals surface area contributed by atoms with Gasteiger partial charge in [-0.2, -0.15) is 0 Å². The average Bonchev–Trinajstić information content (AvgIpc) is 2.53. The van der Waals surface area contributed by atoms with Crippen LogP contribution in [0.2, 0.25) is 0 Å². The van der Waals surface area contributed by atoms with E-state index in [-0.39, 0.29) is 17.9 Å². The van der Waals surface area contributed by atoms with Gasteiger partial charge in [-0.15, -0.1) is 0 Å². The highest BCUT2D eigenvalue weighted by Gasteiger charge is 2.30. The molecule has 5 nitrogen and oxygen atoms in total. The number of nitrogens with one attached hydrogen (secondary N) is 1. The Labute approximate surface area is 129 Å². The molecule has 0 spiro atoms. The van der Waals surface area contributed by atoms with Crippen LogP contribution < -0.4 is 11.1 Å². The van der Waals surface area contributed by atoms with Crippen molar-refractivity contribution in [3.8, 4) is 0 Å². The fourth-order valence-electron chi connectivity index (χ4n) is 2.64. The van der Waals surface area contributed by atoms with Gasteiger partial charge in [-0.1, -0.05) is 19.1 Å². The first-order valence-corrected chi connectivity index (χ1v) is 7.48. The van der Waals surface area contributed by atoms with Gasteiger partial charge in [0, 0.05) is 12.5 Å². The van der Waals surface area contributed by atoms with E-state index < -0.39 is 17.8 Å². The topological polar surface area (TPSA) is 81.4 Å². The molecule has 0 aromatic heterocycles. The Balaban J connectivity index is 2.06. The Morgan fingerprint density at radius 3 is 2.68 bits per heavy atom. The predicted molar refractivity (Wildman–Crippen MR) is 79.2 cm³/mol. The number of ether oxygens (including phenoxy) is 1. The predicted octanol–water partition coefficient (Wildman–Crippen LogP) is 1.67. The summed E-state index contributed by atoms with van der Waals surface area (Å²) >= 11 is 0. The highest BCUT2D eigenvalue weighted by Crippen LogP contribution is 2.23. The zero-order valence-corrected chi connectivity index (χ0v) is 12.5. The van der Waals surface area contributed by atoms with Crippen LogP contribution in [0.1, 0.15) is 37.8 Å². The maximum Gasteiger partial charge on any atom is 0.244 e. The maximum absolute atomic E-state index is 13.0. The number of rotatable bonds is 5. The Bertz CT molecular complexity index is 533. The number of halogens is 1. The number of hydrogen-bond donors (Lipinski definition) is 2. The summed E-state index contributed by atoms with van der Waals surface area (Å²) in [5.41, 5.74) is 5.84. The van der Waals surface area contributed by atoms with Crippen LogP contribution in [0, 0.1) is 11.7 Å². The minimum absolute atomic E-state index is 0.0716. The molecule has 1 saturated heterocycles. The maximum atomic E-state index is 13.0. The summed E-state index contributed by atoms with van der Waals surface area (Å²) in [4.78, 5) is 24.0. The number of amides is 2. The monoisotopic (exact) mass is 308 g/mol. The molecule has 0 radical (unpaired) electrons. The van der Waals surface area contributed by atoms with Crippen LogP contribution in [0.15, 0.2) is 24.3 Å². The third kappa shape index (κ3) is 4.04. The largest absolute Gasteiger partial charge is 0.378 e. The van der Waals surface area contributed by atoms with E-state index in [1.807, 2.05) is 6.92 Å². The van der Waals surface area contributed by atoms with Gasteiger partial charge in [-0.05, 0) is 37.0 Å². The van der Waals surface area contributed by atoms with Gasteiger partial charge in [-0.25, -0.2) is 4.39 Å². The molecule has 3 atom stereocenters. The van der Waals surface area contributed by atoms with Crippen LogP contribution in [-0.4, -0.2) is 24.5 Å². The summed E-state index contributed by atoms with van der Waals surface area (Å²) < 4.78 is 18.5. The standard InChI is InChI=1S/C16H21FN2O3/c1-2-13-9-11(7-8-22-13)16(21)19-14(15(18)20)10-3-5-12(17)6-4-10/h3-6,11,13-14H,2,7-9H2,1H3,(H2,18,20)(H,19,21)/t11-,13-,14+/m1/s1. The van der Waals surface area contributed by atoms with Crippen molar-refractivity contribution in [3.05, 3.63) is 35.6 Å². The van der Waals surface area contributed by atoms with Gasteiger partial charge in [0.1, 0.15) is 11.9 Å². The van der Waals surface area contributed by atoms with Crippen molar-refractivity contribution in [1.82, 2.24) is 5.32 Å². The molecular formula is C16H21FN2O3. The first-order valence-electron chi connectivity index (χ1n) is 7.48. The fourth-order valence-corrected chi connectivity index (χ4v) is 2.64. The van der Waals surface area contributed by atoms with Gasteiger partial charge in [0.05, 0.1) is 6.10 Å². The third-order valence-corrected chi connectivity index (χ3v) is 3.97. The molecule has 2 amide bonds. The summed E-state index contributed by atoms with van der Waals surface area (Å²) in [7, 11) is 0. The minimum Gasteiger partial charge on any atom is -0.378 e. The van der Waals surface area contributed by atoms with Crippen LogP contribution in [0.3, 0.4) is 0 Å². The van der Waals surface area contributed by atoms with Gasteiger partial charge in [0.2, 0.25) is 11.8 Å². The highest BCUT2D eigenvalue weighted by atomic mass is 19.1. The number of nitrogens with two attached hydrogens (primary N) is 1. The minimum atomic E-state index is -0.948. The smallest absolute Gasteiger partial charge is 0.244 e. The van der Waals surface area contributed by atoms with E-state index in [1.165, 1.54) is 24.3 Å². The third-order valence-electron chi connectivity index (χ3n) is 3.97. The summed E-state index contributed by atoms with van der Waals surface area (Å²) in [6.07, 6.45) is 2.18. The van der Waals surface area contributed by atoms with Gasteiger partial charge >= 0.3 is 0 Å².